The summed E-state index contributed by atoms with van der Waals surface area (Å²) in [5, 5.41) is 16.8. The molecule has 1 atom stereocenters. The number of hydrazone groups is 1. The topological polar surface area (TPSA) is 111 Å². The number of carbonyl (C=O) groups is 1. The van der Waals surface area contributed by atoms with Crippen LogP contribution in [0.4, 0.5) is 5.69 Å². The highest BCUT2D eigenvalue weighted by Crippen LogP contribution is 2.33. The van der Waals surface area contributed by atoms with E-state index >= 15 is 0 Å². The highest BCUT2D eigenvalue weighted by molar-refractivity contribution is 6.01. The van der Waals surface area contributed by atoms with Gasteiger partial charge < -0.3 is 13.6 Å². The molecule has 0 fully saturated rings. The van der Waals surface area contributed by atoms with Crippen molar-refractivity contribution in [1.29, 1.82) is 0 Å². The fourth-order valence-electron chi connectivity index (χ4n) is 3.20. The van der Waals surface area contributed by atoms with E-state index in [0.29, 0.717) is 29.2 Å². The molecule has 1 aliphatic rings. The normalized spacial score (nSPS) is 16.0. The molecule has 0 aliphatic carbocycles. The molecule has 0 saturated carbocycles. The van der Waals surface area contributed by atoms with Crippen molar-refractivity contribution in [2.75, 3.05) is 6.61 Å². The van der Waals surface area contributed by atoms with E-state index in [1.165, 1.54) is 23.4 Å². The molecule has 1 aromatic carbocycles. The monoisotopic (exact) mass is 395 g/mol. The number of nitro benzene ring substituents is 1. The molecule has 9 heteroatoms. The van der Waals surface area contributed by atoms with Gasteiger partial charge in [-0.25, -0.2) is 5.01 Å². The average molecular weight is 395 g/mol. The Labute approximate surface area is 165 Å². The smallest absolute Gasteiger partial charge is 0.281 e. The molecule has 0 spiro atoms. The molecule has 2 aromatic heterocycles. The van der Waals surface area contributed by atoms with E-state index in [-0.39, 0.29) is 18.0 Å². The molecule has 3 heterocycles. The van der Waals surface area contributed by atoms with Gasteiger partial charge in [0, 0.05) is 12.5 Å². The van der Waals surface area contributed by atoms with Gasteiger partial charge in [-0.15, -0.1) is 0 Å². The molecule has 1 amide bonds. The number of nitro groups is 1. The summed E-state index contributed by atoms with van der Waals surface area (Å²) in [4.78, 5) is 23.5. The third-order valence-electron chi connectivity index (χ3n) is 4.65. The summed E-state index contributed by atoms with van der Waals surface area (Å²) in [7, 11) is 0. The van der Waals surface area contributed by atoms with E-state index in [4.69, 9.17) is 13.6 Å². The van der Waals surface area contributed by atoms with Crippen molar-refractivity contribution in [3.05, 3.63) is 82.2 Å². The van der Waals surface area contributed by atoms with Crippen LogP contribution in [0.25, 0.3) is 0 Å². The van der Waals surface area contributed by atoms with Crippen LogP contribution in [-0.2, 0) is 4.79 Å². The van der Waals surface area contributed by atoms with Crippen LogP contribution >= 0.6 is 0 Å². The molecule has 1 unspecified atom stereocenters. The fourth-order valence-corrected chi connectivity index (χ4v) is 3.20. The number of amides is 1. The van der Waals surface area contributed by atoms with Crippen molar-refractivity contribution in [3.8, 4) is 5.75 Å². The molecule has 29 heavy (non-hydrogen) atoms. The molecule has 148 valence electrons. The Balaban J connectivity index is 1.54. The quantitative estimate of drug-likeness (QED) is 0.463. The van der Waals surface area contributed by atoms with Crippen molar-refractivity contribution in [2.24, 2.45) is 5.10 Å². The van der Waals surface area contributed by atoms with Gasteiger partial charge in [-0.3, -0.25) is 14.9 Å². The van der Waals surface area contributed by atoms with Gasteiger partial charge in [-0.2, -0.15) is 5.10 Å². The first kappa shape index (κ1) is 18.5. The van der Waals surface area contributed by atoms with Gasteiger partial charge in [0.1, 0.15) is 29.0 Å². The number of rotatable bonds is 6. The summed E-state index contributed by atoms with van der Waals surface area (Å²) in [6, 6.07) is 11.1. The van der Waals surface area contributed by atoms with Crippen LogP contribution in [0.2, 0.25) is 0 Å². The van der Waals surface area contributed by atoms with Crippen LogP contribution in [0.5, 0.6) is 5.75 Å². The van der Waals surface area contributed by atoms with Crippen LogP contribution in [0.1, 0.15) is 29.5 Å². The minimum atomic E-state index is -0.489. The lowest BCUT2D eigenvalue weighted by Gasteiger charge is -2.20. The number of carbonyl (C=O) groups excluding carboxylic acids is 1. The largest absolute Gasteiger partial charge is 0.483 e. The lowest BCUT2D eigenvalue weighted by atomic mass is 10.1. The highest BCUT2D eigenvalue weighted by atomic mass is 16.6. The van der Waals surface area contributed by atoms with Crippen LogP contribution < -0.4 is 4.74 Å². The van der Waals surface area contributed by atoms with E-state index in [2.05, 4.69) is 5.10 Å². The molecule has 4 rings (SSSR count). The number of hydrogen-bond acceptors (Lipinski definition) is 7. The number of furan rings is 2. The third kappa shape index (κ3) is 3.62. The highest BCUT2D eigenvalue weighted by Gasteiger charge is 2.36. The first-order valence-corrected chi connectivity index (χ1v) is 8.88. The third-order valence-corrected chi connectivity index (χ3v) is 4.65. The van der Waals surface area contributed by atoms with Gasteiger partial charge >= 0.3 is 0 Å². The maximum atomic E-state index is 12.9. The summed E-state index contributed by atoms with van der Waals surface area (Å²) in [6.45, 7) is 1.25. The zero-order valence-electron chi connectivity index (χ0n) is 15.5. The minimum absolute atomic E-state index is 0.0669. The Bertz CT molecular complexity index is 1060. The Hall–Kier alpha value is -3.88. The first-order chi connectivity index (χ1) is 14.0. The number of benzene rings is 1. The van der Waals surface area contributed by atoms with Crippen molar-refractivity contribution in [3.63, 3.8) is 0 Å². The molecule has 0 N–H and O–H groups in total. The lowest BCUT2D eigenvalue weighted by molar-refractivity contribution is -0.385. The molecular formula is C20H17N3O6. The van der Waals surface area contributed by atoms with Crippen molar-refractivity contribution in [2.45, 2.75) is 19.4 Å². The van der Waals surface area contributed by atoms with E-state index < -0.39 is 16.9 Å². The van der Waals surface area contributed by atoms with E-state index in [1.807, 2.05) is 0 Å². The molecule has 9 nitrogen and oxygen atoms in total. The van der Waals surface area contributed by atoms with E-state index in [0.717, 1.165) is 0 Å². The Morgan fingerprint density at radius 3 is 2.72 bits per heavy atom. The van der Waals surface area contributed by atoms with Gasteiger partial charge in [-0.1, -0.05) is 6.07 Å². The van der Waals surface area contributed by atoms with Crippen LogP contribution in [0.3, 0.4) is 0 Å². The SMILES string of the molecule is Cc1c(OCC(=O)N2N=C(c3ccco3)CC2c2ccco2)cccc1[N+](=O)[O-]. The Kier molecular flexibility index (Phi) is 4.86. The van der Waals surface area contributed by atoms with Gasteiger partial charge in [0.25, 0.3) is 11.6 Å². The standard InChI is InChI=1S/C20H17N3O6/c1-13-15(23(25)26)5-2-6-17(13)29-12-20(24)22-16(19-8-4-10-28-19)11-14(21-22)18-7-3-9-27-18/h2-10,16H,11-12H2,1H3. The summed E-state index contributed by atoms with van der Waals surface area (Å²) in [5.41, 5.74) is 0.910. The molecule has 1 aliphatic heterocycles. The second-order valence-corrected chi connectivity index (χ2v) is 6.44. The van der Waals surface area contributed by atoms with Crippen molar-refractivity contribution < 1.29 is 23.3 Å². The number of hydrogen-bond donors (Lipinski definition) is 0. The zero-order valence-corrected chi connectivity index (χ0v) is 15.5. The summed E-state index contributed by atoms with van der Waals surface area (Å²) < 4.78 is 16.4. The molecule has 0 bridgehead atoms. The van der Waals surface area contributed by atoms with Crippen molar-refractivity contribution >= 4 is 17.3 Å². The summed E-state index contributed by atoms with van der Waals surface area (Å²) in [6.07, 6.45) is 3.51. The van der Waals surface area contributed by atoms with Crippen LogP contribution in [0, 0.1) is 17.0 Å². The number of nitrogens with zero attached hydrogens (tertiary/aromatic N) is 3. The predicted octanol–water partition coefficient (Wildman–Crippen LogP) is 3.85. The average Bonchev–Trinajstić information content (AvgIpc) is 3.47. The minimum Gasteiger partial charge on any atom is -0.483 e. The Morgan fingerprint density at radius 2 is 2.03 bits per heavy atom. The van der Waals surface area contributed by atoms with Crippen LogP contribution in [0.15, 0.2) is 68.9 Å². The van der Waals surface area contributed by atoms with Gasteiger partial charge in [0.2, 0.25) is 0 Å². The molecule has 0 radical (unpaired) electrons. The van der Waals surface area contributed by atoms with E-state index in [1.54, 1.807) is 43.5 Å². The van der Waals surface area contributed by atoms with Crippen LogP contribution in [-0.4, -0.2) is 28.2 Å². The summed E-state index contributed by atoms with van der Waals surface area (Å²) >= 11 is 0. The van der Waals surface area contributed by atoms with Gasteiger partial charge in [-0.05, 0) is 37.3 Å². The molecular weight excluding hydrogens is 378 g/mol. The fraction of sp³-hybridized carbons (Fsp3) is 0.200. The van der Waals surface area contributed by atoms with Crippen molar-refractivity contribution in [1.82, 2.24) is 5.01 Å². The predicted molar refractivity (Wildman–Crippen MR) is 101 cm³/mol. The molecule has 3 aromatic rings. The number of ether oxygens (including phenoxy) is 1. The maximum absolute atomic E-state index is 12.9. The maximum Gasteiger partial charge on any atom is 0.281 e. The zero-order chi connectivity index (χ0) is 20.4. The Morgan fingerprint density at radius 1 is 1.24 bits per heavy atom. The first-order valence-electron chi connectivity index (χ1n) is 8.88. The second-order valence-electron chi connectivity index (χ2n) is 6.44. The van der Waals surface area contributed by atoms with Gasteiger partial charge in [0.15, 0.2) is 6.61 Å². The molecule has 0 saturated heterocycles. The second kappa shape index (κ2) is 7.63. The summed E-state index contributed by atoms with van der Waals surface area (Å²) in [5.74, 6) is 1.04. The van der Waals surface area contributed by atoms with E-state index in [9.17, 15) is 14.9 Å². The lowest BCUT2D eigenvalue weighted by Crippen LogP contribution is -2.31. The van der Waals surface area contributed by atoms with Gasteiger partial charge in [0.05, 0.1) is 23.0 Å².